The lowest BCUT2D eigenvalue weighted by atomic mass is 10.1. The molecule has 0 unspecified atom stereocenters. The maximum absolute atomic E-state index is 12.5. The largest absolute Gasteiger partial charge is 0.461 e. The van der Waals surface area contributed by atoms with E-state index in [1.807, 2.05) is 24.3 Å². The van der Waals surface area contributed by atoms with Crippen LogP contribution in [0, 0.1) is 0 Å². The summed E-state index contributed by atoms with van der Waals surface area (Å²) in [5.41, 5.74) is 2.36. The lowest BCUT2D eigenvalue weighted by Crippen LogP contribution is -2.35. The minimum Gasteiger partial charge on any atom is -0.461 e. The Bertz CT molecular complexity index is 1090. The molecule has 4 heterocycles. The monoisotopic (exact) mass is 347 g/mol. The average Bonchev–Trinajstić information content (AvgIpc) is 3.31. The summed E-state index contributed by atoms with van der Waals surface area (Å²) in [7, 11) is 0. The van der Waals surface area contributed by atoms with Gasteiger partial charge in [0.2, 0.25) is 0 Å². The van der Waals surface area contributed by atoms with Gasteiger partial charge in [-0.25, -0.2) is 4.98 Å². The first-order valence-corrected chi connectivity index (χ1v) is 8.62. The van der Waals surface area contributed by atoms with Gasteiger partial charge in [-0.15, -0.1) is 0 Å². The molecule has 0 radical (unpaired) electrons. The van der Waals surface area contributed by atoms with Crippen LogP contribution in [0.4, 0.5) is 0 Å². The van der Waals surface area contributed by atoms with Crippen LogP contribution in [0.5, 0.6) is 0 Å². The van der Waals surface area contributed by atoms with Crippen LogP contribution >= 0.6 is 0 Å². The molecular weight excluding hydrogens is 330 g/mol. The van der Waals surface area contributed by atoms with Crippen molar-refractivity contribution in [2.24, 2.45) is 0 Å². The Morgan fingerprint density at radius 3 is 2.96 bits per heavy atom. The first-order chi connectivity index (χ1) is 12.8. The summed E-state index contributed by atoms with van der Waals surface area (Å²) in [6.45, 7) is 2.07. The van der Waals surface area contributed by atoms with Gasteiger partial charge >= 0.3 is 0 Å². The molecule has 0 fully saturated rings. The molecular formula is C20H17N3O3. The second-order valence-corrected chi connectivity index (χ2v) is 6.53. The fraction of sp³-hybridized carbons (Fsp3) is 0.200. The predicted octanol–water partition coefficient (Wildman–Crippen LogP) is 3.33. The number of aromatic amines is 1. The van der Waals surface area contributed by atoms with Crippen molar-refractivity contribution < 1.29 is 8.83 Å². The van der Waals surface area contributed by atoms with Gasteiger partial charge in [0.25, 0.3) is 5.56 Å². The number of furan rings is 2. The second kappa shape index (κ2) is 6.00. The third-order valence-electron chi connectivity index (χ3n) is 4.76. The topological polar surface area (TPSA) is 75.3 Å². The van der Waals surface area contributed by atoms with E-state index >= 15 is 0 Å². The summed E-state index contributed by atoms with van der Waals surface area (Å²) >= 11 is 0. The lowest BCUT2D eigenvalue weighted by molar-refractivity contribution is 0.224. The van der Waals surface area contributed by atoms with Crippen molar-refractivity contribution in [1.82, 2.24) is 14.9 Å². The zero-order valence-electron chi connectivity index (χ0n) is 14.1. The smallest absolute Gasteiger partial charge is 0.256 e. The quantitative estimate of drug-likeness (QED) is 0.615. The molecule has 0 saturated carbocycles. The molecule has 0 atom stereocenters. The standard InChI is InChI=1S/C20H17N3O3/c24-20-15-12-23(11-14-10-13-4-1-2-5-17(13)26-14)8-7-16(15)21-19(22-20)18-6-3-9-25-18/h1-6,9-10H,7-8,11-12H2,(H,21,22,24). The fourth-order valence-corrected chi connectivity index (χ4v) is 3.48. The molecule has 3 aromatic heterocycles. The van der Waals surface area contributed by atoms with Gasteiger partial charge < -0.3 is 13.8 Å². The number of aromatic nitrogens is 2. The molecule has 26 heavy (non-hydrogen) atoms. The molecule has 0 bridgehead atoms. The summed E-state index contributed by atoms with van der Waals surface area (Å²) in [6.07, 6.45) is 2.30. The van der Waals surface area contributed by atoms with Crippen molar-refractivity contribution in [2.75, 3.05) is 6.54 Å². The number of nitrogens with one attached hydrogen (secondary N) is 1. The number of H-pyrrole nitrogens is 1. The van der Waals surface area contributed by atoms with E-state index in [4.69, 9.17) is 8.83 Å². The third kappa shape index (κ3) is 2.64. The number of benzene rings is 1. The van der Waals surface area contributed by atoms with E-state index in [0.29, 0.717) is 24.7 Å². The SMILES string of the molecule is O=c1[nH]c(-c2ccco2)nc2c1CN(Cc1cc3ccccc3o1)CC2. The van der Waals surface area contributed by atoms with E-state index in [0.717, 1.165) is 41.0 Å². The molecule has 1 aromatic carbocycles. The summed E-state index contributed by atoms with van der Waals surface area (Å²) in [5.74, 6) is 1.98. The number of hydrogen-bond donors (Lipinski definition) is 1. The normalized spacial score (nSPS) is 14.6. The summed E-state index contributed by atoms with van der Waals surface area (Å²) in [5, 5.41) is 1.10. The zero-order chi connectivity index (χ0) is 17.5. The highest BCUT2D eigenvalue weighted by Gasteiger charge is 2.23. The van der Waals surface area contributed by atoms with Crippen LogP contribution in [0.15, 0.2) is 62.4 Å². The molecule has 4 aromatic rings. The van der Waals surface area contributed by atoms with Crippen molar-refractivity contribution >= 4 is 11.0 Å². The highest BCUT2D eigenvalue weighted by Crippen LogP contribution is 2.23. The molecule has 1 N–H and O–H groups in total. The Balaban J connectivity index is 1.40. The highest BCUT2D eigenvalue weighted by molar-refractivity contribution is 5.77. The maximum atomic E-state index is 12.5. The lowest BCUT2D eigenvalue weighted by Gasteiger charge is -2.26. The predicted molar refractivity (Wildman–Crippen MR) is 96.6 cm³/mol. The van der Waals surface area contributed by atoms with E-state index in [9.17, 15) is 4.79 Å². The second-order valence-electron chi connectivity index (χ2n) is 6.53. The molecule has 0 aliphatic carbocycles. The van der Waals surface area contributed by atoms with Crippen LogP contribution in [0.1, 0.15) is 17.0 Å². The summed E-state index contributed by atoms with van der Waals surface area (Å²) in [6, 6.07) is 13.6. The molecule has 0 amide bonds. The van der Waals surface area contributed by atoms with E-state index in [2.05, 4.69) is 20.9 Å². The minimum atomic E-state index is -0.101. The highest BCUT2D eigenvalue weighted by atomic mass is 16.3. The average molecular weight is 347 g/mol. The van der Waals surface area contributed by atoms with Gasteiger partial charge in [-0.05, 0) is 24.3 Å². The molecule has 5 rings (SSSR count). The number of rotatable bonds is 3. The first-order valence-electron chi connectivity index (χ1n) is 8.62. The van der Waals surface area contributed by atoms with Gasteiger partial charge in [-0.2, -0.15) is 0 Å². The molecule has 130 valence electrons. The van der Waals surface area contributed by atoms with Crippen LogP contribution in [-0.2, 0) is 19.5 Å². The Kier molecular flexibility index (Phi) is 3.50. The number of para-hydroxylation sites is 1. The summed E-state index contributed by atoms with van der Waals surface area (Å²) in [4.78, 5) is 22.2. The van der Waals surface area contributed by atoms with Crippen molar-refractivity contribution in [1.29, 1.82) is 0 Å². The third-order valence-corrected chi connectivity index (χ3v) is 4.76. The van der Waals surface area contributed by atoms with Crippen LogP contribution in [0.3, 0.4) is 0 Å². The molecule has 0 saturated heterocycles. The Morgan fingerprint density at radius 2 is 2.12 bits per heavy atom. The first kappa shape index (κ1) is 15.2. The molecule has 6 nitrogen and oxygen atoms in total. The van der Waals surface area contributed by atoms with Gasteiger partial charge in [0.05, 0.1) is 24.1 Å². The van der Waals surface area contributed by atoms with Gasteiger partial charge in [0, 0.05) is 24.9 Å². The van der Waals surface area contributed by atoms with Crippen LogP contribution in [-0.4, -0.2) is 21.4 Å². The fourth-order valence-electron chi connectivity index (χ4n) is 3.48. The van der Waals surface area contributed by atoms with Crippen molar-refractivity contribution in [3.63, 3.8) is 0 Å². The van der Waals surface area contributed by atoms with E-state index < -0.39 is 0 Å². The van der Waals surface area contributed by atoms with Gasteiger partial charge in [-0.1, -0.05) is 18.2 Å². The van der Waals surface area contributed by atoms with Crippen LogP contribution < -0.4 is 5.56 Å². The van der Waals surface area contributed by atoms with E-state index in [-0.39, 0.29) is 5.56 Å². The molecule has 6 heteroatoms. The van der Waals surface area contributed by atoms with Crippen LogP contribution in [0.2, 0.25) is 0 Å². The summed E-state index contributed by atoms with van der Waals surface area (Å²) < 4.78 is 11.2. The van der Waals surface area contributed by atoms with Gasteiger partial charge in [-0.3, -0.25) is 9.69 Å². The van der Waals surface area contributed by atoms with E-state index in [1.165, 1.54) is 0 Å². The number of hydrogen-bond acceptors (Lipinski definition) is 5. The minimum absolute atomic E-state index is 0.101. The van der Waals surface area contributed by atoms with Crippen molar-refractivity contribution in [3.05, 3.63) is 76.1 Å². The Hall–Kier alpha value is -3.12. The van der Waals surface area contributed by atoms with Crippen molar-refractivity contribution in [3.8, 4) is 11.6 Å². The maximum Gasteiger partial charge on any atom is 0.256 e. The van der Waals surface area contributed by atoms with Crippen molar-refractivity contribution in [2.45, 2.75) is 19.5 Å². The zero-order valence-corrected chi connectivity index (χ0v) is 14.1. The molecule has 1 aliphatic rings. The Morgan fingerprint density at radius 1 is 1.19 bits per heavy atom. The molecule has 0 spiro atoms. The van der Waals surface area contributed by atoms with E-state index in [1.54, 1.807) is 18.4 Å². The molecule has 1 aliphatic heterocycles. The van der Waals surface area contributed by atoms with Gasteiger partial charge in [0.1, 0.15) is 11.3 Å². The number of nitrogens with zero attached hydrogens (tertiary/aromatic N) is 2. The number of fused-ring (bicyclic) bond motifs is 2. The van der Waals surface area contributed by atoms with Gasteiger partial charge in [0.15, 0.2) is 11.6 Å². The van der Waals surface area contributed by atoms with Crippen LogP contribution in [0.25, 0.3) is 22.6 Å². The Labute approximate surface area is 149 Å².